The Morgan fingerprint density at radius 3 is 2.64 bits per heavy atom. The van der Waals surface area contributed by atoms with Crippen LogP contribution < -0.4 is 0 Å². The normalized spacial score (nSPS) is 10.2. The second-order valence-electron chi connectivity index (χ2n) is 1.85. The Labute approximate surface area is 70.0 Å². The SMILES string of the molecule is OCc1c(F)cnc(Br)c1F. The number of pyridine rings is 1. The van der Waals surface area contributed by atoms with Crippen molar-refractivity contribution in [3.63, 3.8) is 0 Å². The molecule has 1 heterocycles. The number of halogens is 3. The summed E-state index contributed by atoms with van der Waals surface area (Å²) in [5, 5.41) is 8.50. The lowest BCUT2D eigenvalue weighted by molar-refractivity contribution is 0.268. The summed E-state index contributed by atoms with van der Waals surface area (Å²) in [6, 6.07) is 0. The maximum atomic E-state index is 12.8. The van der Waals surface area contributed by atoms with Crippen molar-refractivity contribution in [1.82, 2.24) is 4.98 Å². The minimum Gasteiger partial charge on any atom is -0.391 e. The largest absolute Gasteiger partial charge is 0.391 e. The van der Waals surface area contributed by atoms with Gasteiger partial charge in [0.25, 0.3) is 0 Å². The molecule has 0 fully saturated rings. The Kier molecular flexibility index (Phi) is 2.51. The zero-order valence-electron chi connectivity index (χ0n) is 5.31. The second kappa shape index (κ2) is 3.23. The van der Waals surface area contributed by atoms with Crippen LogP contribution in [0.5, 0.6) is 0 Å². The maximum Gasteiger partial charge on any atom is 0.164 e. The fourth-order valence-corrected chi connectivity index (χ4v) is 0.964. The summed E-state index contributed by atoms with van der Waals surface area (Å²) in [6.45, 7) is -0.668. The highest BCUT2D eigenvalue weighted by molar-refractivity contribution is 9.10. The zero-order valence-corrected chi connectivity index (χ0v) is 6.90. The van der Waals surface area contributed by atoms with E-state index in [1.54, 1.807) is 0 Å². The molecule has 0 atom stereocenters. The van der Waals surface area contributed by atoms with E-state index in [1.807, 2.05) is 0 Å². The molecule has 60 valence electrons. The van der Waals surface area contributed by atoms with Crippen molar-refractivity contribution in [2.24, 2.45) is 0 Å². The van der Waals surface area contributed by atoms with Gasteiger partial charge >= 0.3 is 0 Å². The number of aromatic nitrogens is 1. The Balaban J connectivity index is 3.29. The lowest BCUT2D eigenvalue weighted by atomic mass is 10.2. The van der Waals surface area contributed by atoms with Crippen molar-refractivity contribution >= 4 is 15.9 Å². The van der Waals surface area contributed by atoms with Crippen LogP contribution in [0.3, 0.4) is 0 Å². The van der Waals surface area contributed by atoms with Crippen LogP contribution >= 0.6 is 15.9 Å². The van der Waals surface area contributed by atoms with Gasteiger partial charge in [0.15, 0.2) is 5.82 Å². The highest BCUT2D eigenvalue weighted by Crippen LogP contribution is 2.18. The third kappa shape index (κ3) is 1.54. The van der Waals surface area contributed by atoms with Gasteiger partial charge in [-0.15, -0.1) is 0 Å². The lowest BCUT2D eigenvalue weighted by Gasteiger charge is -2.00. The van der Waals surface area contributed by atoms with Crippen LogP contribution in [0, 0.1) is 11.6 Å². The second-order valence-corrected chi connectivity index (χ2v) is 2.60. The Hall–Kier alpha value is -0.550. The van der Waals surface area contributed by atoms with Gasteiger partial charge in [0.2, 0.25) is 0 Å². The third-order valence-corrected chi connectivity index (χ3v) is 1.74. The molecule has 0 saturated carbocycles. The van der Waals surface area contributed by atoms with Gasteiger partial charge < -0.3 is 5.11 Å². The average molecular weight is 224 g/mol. The number of aliphatic hydroxyl groups is 1. The van der Waals surface area contributed by atoms with E-state index in [-0.39, 0.29) is 10.2 Å². The number of nitrogens with zero attached hydrogens (tertiary/aromatic N) is 1. The van der Waals surface area contributed by atoms with E-state index in [1.165, 1.54) is 0 Å². The molecule has 1 aromatic heterocycles. The molecule has 0 saturated heterocycles. The first kappa shape index (κ1) is 8.55. The Bertz CT molecular complexity index is 280. The first-order chi connectivity index (χ1) is 5.16. The van der Waals surface area contributed by atoms with Crippen LogP contribution in [0.1, 0.15) is 5.56 Å². The predicted octanol–water partition coefficient (Wildman–Crippen LogP) is 1.61. The lowest BCUT2D eigenvalue weighted by Crippen LogP contribution is -1.97. The average Bonchev–Trinajstić information content (AvgIpc) is 1.99. The fraction of sp³-hybridized carbons (Fsp3) is 0.167. The van der Waals surface area contributed by atoms with Gasteiger partial charge in [0.1, 0.15) is 10.4 Å². The van der Waals surface area contributed by atoms with Crippen LogP contribution in [-0.4, -0.2) is 10.1 Å². The smallest absolute Gasteiger partial charge is 0.164 e. The fourth-order valence-electron chi connectivity index (χ4n) is 0.622. The highest BCUT2D eigenvalue weighted by atomic mass is 79.9. The standard InChI is InChI=1S/C6H4BrF2NO/c7-6-5(9)3(2-11)4(8)1-10-6/h1,11H,2H2. The van der Waals surface area contributed by atoms with Gasteiger partial charge in [0.05, 0.1) is 18.4 Å². The summed E-state index contributed by atoms with van der Waals surface area (Å²) >= 11 is 2.76. The van der Waals surface area contributed by atoms with E-state index >= 15 is 0 Å². The quantitative estimate of drug-likeness (QED) is 0.735. The van der Waals surface area contributed by atoms with E-state index < -0.39 is 18.2 Å². The maximum absolute atomic E-state index is 12.8. The van der Waals surface area contributed by atoms with Crippen LogP contribution in [0.4, 0.5) is 8.78 Å². The molecule has 2 nitrogen and oxygen atoms in total. The van der Waals surface area contributed by atoms with Crippen molar-refractivity contribution in [3.8, 4) is 0 Å². The van der Waals surface area contributed by atoms with Gasteiger partial charge in [-0.05, 0) is 15.9 Å². The minimum absolute atomic E-state index is 0.0945. The number of aliphatic hydroxyl groups excluding tert-OH is 1. The van der Waals surface area contributed by atoms with Crippen molar-refractivity contribution in [1.29, 1.82) is 0 Å². The molecular weight excluding hydrogens is 220 g/mol. The summed E-state index contributed by atoms with van der Waals surface area (Å²) in [5.74, 6) is -1.69. The molecule has 0 aromatic carbocycles. The summed E-state index contributed by atoms with van der Waals surface area (Å²) in [5.41, 5.74) is -0.369. The number of hydrogen-bond acceptors (Lipinski definition) is 2. The minimum atomic E-state index is -0.854. The number of rotatable bonds is 1. The topological polar surface area (TPSA) is 33.1 Å². The molecule has 0 amide bonds. The van der Waals surface area contributed by atoms with Crippen molar-refractivity contribution in [2.45, 2.75) is 6.61 Å². The van der Waals surface area contributed by atoms with Gasteiger partial charge in [-0.2, -0.15) is 0 Å². The summed E-state index contributed by atoms with van der Waals surface area (Å²) in [4.78, 5) is 3.34. The Morgan fingerprint density at radius 1 is 1.55 bits per heavy atom. The predicted molar refractivity (Wildman–Crippen MR) is 37.8 cm³/mol. The van der Waals surface area contributed by atoms with Crippen molar-refractivity contribution in [2.75, 3.05) is 0 Å². The van der Waals surface area contributed by atoms with Crippen LogP contribution in [0.15, 0.2) is 10.8 Å². The molecule has 1 rings (SSSR count). The van der Waals surface area contributed by atoms with Gasteiger partial charge in [-0.1, -0.05) is 0 Å². The molecular formula is C6H4BrF2NO. The molecule has 0 aliphatic heterocycles. The van der Waals surface area contributed by atoms with Crippen LogP contribution in [0.25, 0.3) is 0 Å². The van der Waals surface area contributed by atoms with Crippen LogP contribution in [-0.2, 0) is 6.61 Å². The van der Waals surface area contributed by atoms with Gasteiger partial charge in [-0.25, -0.2) is 13.8 Å². The van der Waals surface area contributed by atoms with E-state index in [2.05, 4.69) is 20.9 Å². The summed E-state index contributed by atoms with van der Waals surface area (Å²) < 4.78 is 25.2. The highest BCUT2D eigenvalue weighted by Gasteiger charge is 2.11. The van der Waals surface area contributed by atoms with Crippen molar-refractivity contribution < 1.29 is 13.9 Å². The first-order valence-corrected chi connectivity index (χ1v) is 3.55. The van der Waals surface area contributed by atoms with E-state index in [9.17, 15) is 8.78 Å². The molecule has 1 N–H and O–H groups in total. The molecule has 0 spiro atoms. The zero-order chi connectivity index (χ0) is 8.43. The monoisotopic (exact) mass is 223 g/mol. The molecule has 0 radical (unpaired) electrons. The molecule has 5 heteroatoms. The molecule has 1 aromatic rings. The third-order valence-electron chi connectivity index (χ3n) is 1.18. The van der Waals surface area contributed by atoms with Crippen LogP contribution in [0.2, 0.25) is 0 Å². The molecule has 11 heavy (non-hydrogen) atoms. The molecule has 0 aliphatic rings. The number of hydrogen-bond donors (Lipinski definition) is 1. The molecule has 0 bridgehead atoms. The molecule has 0 aliphatic carbocycles. The first-order valence-electron chi connectivity index (χ1n) is 2.76. The van der Waals surface area contributed by atoms with E-state index in [4.69, 9.17) is 5.11 Å². The molecule has 0 unspecified atom stereocenters. The van der Waals surface area contributed by atoms with E-state index in [0.29, 0.717) is 0 Å². The van der Waals surface area contributed by atoms with Gasteiger partial charge in [0, 0.05) is 0 Å². The summed E-state index contributed by atoms with van der Waals surface area (Å²) in [7, 11) is 0. The van der Waals surface area contributed by atoms with E-state index in [0.717, 1.165) is 6.20 Å². The van der Waals surface area contributed by atoms with Gasteiger partial charge in [-0.3, -0.25) is 0 Å². The Morgan fingerprint density at radius 2 is 2.18 bits per heavy atom. The summed E-state index contributed by atoms with van der Waals surface area (Å²) in [6.07, 6.45) is 0.846. The van der Waals surface area contributed by atoms with Crippen molar-refractivity contribution in [3.05, 3.63) is 28.0 Å².